The molecule has 1 aliphatic rings. The number of carbonyl (C=O) groups excluding carboxylic acids is 3. The van der Waals surface area contributed by atoms with Crippen LogP contribution in [0.2, 0.25) is 5.02 Å². The van der Waals surface area contributed by atoms with Crippen LogP contribution in [0.15, 0.2) is 42.5 Å². The predicted octanol–water partition coefficient (Wildman–Crippen LogP) is 2.92. The molecule has 8 heteroatoms. The minimum absolute atomic E-state index is 0.233. The van der Waals surface area contributed by atoms with E-state index in [1.54, 1.807) is 49.4 Å². The number of hydrogen-bond acceptors (Lipinski definition) is 5. The van der Waals surface area contributed by atoms with Gasteiger partial charge in [0.1, 0.15) is 5.75 Å². The second kappa shape index (κ2) is 8.13. The molecule has 0 aromatic heterocycles. The zero-order chi connectivity index (χ0) is 21.2. The number of nitrogens with one attached hydrogen (secondary N) is 1. The Kier molecular flexibility index (Phi) is 5.79. The number of amides is 2. The summed E-state index contributed by atoms with van der Waals surface area (Å²) in [5.41, 5.74) is 0.205. The second-order valence-electron chi connectivity index (χ2n) is 7.01. The van der Waals surface area contributed by atoms with E-state index in [-0.39, 0.29) is 13.0 Å². The molecule has 3 rings (SSSR count). The first-order valence-electron chi connectivity index (χ1n) is 8.94. The lowest BCUT2D eigenvalue weighted by atomic mass is 9.89. The Morgan fingerprint density at radius 1 is 1.28 bits per heavy atom. The van der Waals surface area contributed by atoms with Gasteiger partial charge in [-0.25, -0.2) is 4.79 Å². The molecule has 1 N–H and O–H groups in total. The first-order valence-corrected chi connectivity index (χ1v) is 9.31. The number of methoxy groups -OCH3 is 1. The molecular formula is C21H21ClN2O5. The number of nitrogens with zero attached hydrogens (tertiary/aromatic N) is 1. The Hall–Kier alpha value is -3.06. The number of ether oxygens (including phenoxy) is 2. The van der Waals surface area contributed by atoms with E-state index in [1.165, 1.54) is 19.1 Å². The first-order chi connectivity index (χ1) is 13.7. The first kappa shape index (κ1) is 20.7. The van der Waals surface area contributed by atoms with Crippen molar-refractivity contribution in [1.82, 2.24) is 4.90 Å². The molecule has 7 nitrogen and oxygen atoms in total. The summed E-state index contributed by atoms with van der Waals surface area (Å²) in [7, 11) is 2.96. The van der Waals surface area contributed by atoms with Crippen molar-refractivity contribution in [2.75, 3.05) is 26.0 Å². The number of benzene rings is 2. The second-order valence-corrected chi connectivity index (χ2v) is 7.44. The number of fused-ring (bicyclic) bond motifs is 1. The molecule has 0 spiro atoms. The molecule has 0 saturated heterocycles. The van der Waals surface area contributed by atoms with Gasteiger partial charge >= 0.3 is 5.97 Å². The van der Waals surface area contributed by atoms with Crippen molar-refractivity contribution < 1.29 is 23.9 Å². The van der Waals surface area contributed by atoms with E-state index in [2.05, 4.69) is 5.32 Å². The highest BCUT2D eigenvalue weighted by molar-refractivity contribution is 6.31. The lowest BCUT2D eigenvalue weighted by molar-refractivity contribution is -0.151. The highest BCUT2D eigenvalue weighted by Gasteiger charge is 2.44. The number of halogens is 1. The van der Waals surface area contributed by atoms with Gasteiger partial charge in [-0.05, 0) is 36.8 Å². The average molecular weight is 417 g/mol. The minimum Gasteiger partial charge on any atom is -0.495 e. The Labute approximate surface area is 173 Å². The van der Waals surface area contributed by atoms with Crippen LogP contribution in [0.3, 0.4) is 0 Å². The van der Waals surface area contributed by atoms with Crippen LogP contribution >= 0.6 is 11.6 Å². The lowest BCUT2D eigenvalue weighted by Gasteiger charge is -2.35. The Balaban J connectivity index is 1.70. The topological polar surface area (TPSA) is 84.9 Å². The zero-order valence-electron chi connectivity index (χ0n) is 16.3. The Bertz CT molecular complexity index is 977. The molecule has 0 bridgehead atoms. The van der Waals surface area contributed by atoms with Gasteiger partial charge in [-0.2, -0.15) is 0 Å². The summed E-state index contributed by atoms with van der Waals surface area (Å²) in [6.07, 6.45) is 0.238. The SMILES string of the molecule is COc1ccc(Cl)cc1NC(=O)CN(C)C(=O)C1(C)Cc2ccccc2C(=O)O1. The number of rotatable bonds is 5. The predicted molar refractivity (Wildman–Crippen MR) is 108 cm³/mol. The van der Waals surface area contributed by atoms with Gasteiger partial charge in [0.25, 0.3) is 5.91 Å². The van der Waals surface area contributed by atoms with Crippen molar-refractivity contribution in [2.24, 2.45) is 0 Å². The fraction of sp³-hybridized carbons (Fsp3) is 0.286. The number of carbonyl (C=O) groups is 3. The van der Waals surface area contributed by atoms with Gasteiger partial charge in [0.05, 0.1) is 24.9 Å². The van der Waals surface area contributed by atoms with Crippen LogP contribution in [0.25, 0.3) is 0 Å². The molecule has 1 atom stereocenters. The van der Waals surface area contributed by atoms with E-state index in [0.717, 1.165) is 5.56 Å². The summed E-state index contributed by atoms with van der Waals surface area (Å²) in [5, 5.41) is 3.11. The van der Waals surface area contributed by atoms with Gasteiger partial charge in [0, 0.05) is 18.5 Å². The summed E-state index contributed by atoms with van der Waals surface area (Å²) in [6.45, 7) is 1.32. The number of likely N-dealkylation sites (N-methyl/N-ethyl adjacent to an activating group) is 1. The molecule has 1 unspecified atom stereocenters. The van der Waals surface area contributed by atoms with Crippen molar-refractivity contribution >= 4 is 35.1 Å². The number of hydrogen-bond donors (Lipinski definition) is 1. The summed E-state index contributed by atoms with van der Waals surface area (Å²) in [4.78, 5) is 38.9. The Morgan fingerprint density at radius 3 is 2.72 bits per heavy atom. The van der Waals surface area contributed by atoms with Crippen LogP contribution in [-0.2, 0) is 20.7 Å². The maximum absolute atomic E-state index is 13.0. The van der Waals surface area contributed by atoms with Gasteiger partial charge in [-0.1, -0.05) is 29.8 Å². The van der Waals surface area contributed by atoms with Crippen molar-refractivity contribution in [3.63, 3.8) is 0 Å². The van der Waals surface area contributed by atoms with Crippen LogP contribution in [0.4, 0.5) is 5.69 Å². The molecule has 2 amide bonds. The van der Waals surface area contributed by atoms with Gasteiger partial charge in [-0.15, -0.1) is 0 Å². The fourth-order valence-corrected chi connectivity index (χ4v) is 3.48. The highest BCUT2D eigenvalue weighted by Crippen LogP contribution is 2.30. The summed E-state index contributed by atoms with van der Waals surface area (Å²) in [6, 6.07) is 11.8. The number of cyclic esters (lactones) is 1. The molecule has 152 valence electrons. The van der Waals surface area contributed by atoms with Crippen LogP contribution < -0.4 is 10.1 Å². The minimum atomic E-state index is -1.38. The van der Waals surface area contributed by atoms with Crippen molar-refractivity contribution in [2.45, 2.75) is 18.9 Å². The molecule has 1 aliphatic heterocycles. The van der Waals surface area contributed by atoms with Crippen LogP contribution in [0.1, 0.15) is 22.8 Å². The normalized spacial score (nSPS) is 17.7. The van der Waals surface area contributed by atoms with Gasteiger partial charge in [-0.3, -0.25) is 9.59 Å². The average Bonchev–Trinajstić information content (AvgIpc) is 2.67. The number of esters is 1. The maximum Gasteiger partial charge on any atom is 0.339 e. The molecule has 0 saturated carbocycles. The third-order valence-electron chi connectivity index (χ3n) is 4.70. The fourth-order valence-electron chi connectivity index (χ4n) is 3.31. The van der Waals surface area contributed by atoms with Crippen LogP contribution in [-0.4, -0.2) is 49.0 Å². The van der Waals surface area contributed by atoms with E-state index in [0.29, 0.717) is 22.0 Å². The summed E-state index contributed by atoms with van der Waals surface area (Å²) >= 11 is 5.97. The molecular weight excluding hydrogens is 396 g/mol. The molecule has 2 aromatic carbocycles. The van der Waals surface area contributed by atoms with Crippen LogP contribution in [0.5, 0.6) is 5.75 Å². The Morgan fingerprint density at radius 2 is 2.00 bits per heavy atom. The van der Waals surface area contributed by atoms with E-state index < -0.39 is 23.4 Å². The molecule has 0 aliphatic carbocycles. The molecule has 2 aromatic rings. The van der Waals surface area contributed by atoms with Crippen LogP contribution in [0, 0.1) is 0 Å². The largest absolute Gasteiger partial charge is 0.495 e. The van der Waals surface area contributed by atoms with Gasteiger partial charge < -0.3 is 19.7 Å². The molecule has 29 heavy (non-hydrogen) atoms. The van der Waals surface area contributed by atoms with Crippen molar-refractivity contribution in [3.8, 4) is 5.75 Å². The van der Waals surface area contributed by atoms with Gasteiger partial charge in [0.15, 0.2) is 5.60 Å². The smallest absolute Gasteiger partial charge is 0.339 e. The maximum atomic E-state index is 13.0. The van der Waals surface area contributed by atoms with Gasteiger partial charge in [0.2, 0.25) is 5.91 Å². The zero-order valence-corrected chi connectivity index (χ0v) is 17.1. The van der Waals surface area contributed by atoms with E-state index in [4.69, 9.17) is 21.1 Å². The molecule has 1 heterocycles. The van der Waals surface area contributed by atoms with Crippen molar-refractivity contribution in [1.29, 1.82) is 0 Å². The molecule has 0 fully saturated rings. The standard InChI is InChI=1S/C21H21ClN2O5/c1-21(11-13-6-4-5-7-15(13)19(26)29-21)20(27)24(2)12-18(25)23-16-10-14(22)8-9-17(16)28-3/h4-10H,11-12H2,1-3H3,(H,23,25). The third kappa shape index (κ3) is 4.35. The van der Waals surface area contributed by atoms with E-state index >= 15 is 0 Å². The quantitative estimate of drug-likeness (QED) is 0.757. The monoisotopic (exact) mass is 416 g/mol. The highest BCUT2D eigenvalue weighted by atomic mass is 35.5. The lowest BCUT2D eigenvalue weighted by Crippen LogP contribution is -2.53. The third-order valence-corrected chi connectivity index (χ3v) is 4.93. The number of anilines is 1. The summed E-state index contributed by atoms with van der Waals surface area (Å²) < 4.78 is 10.6. The van der Waals surface area contributed by atoms with E-state index in [9.17, 15) is 14.4 Å². The van der Waals surface area contributed by atoms with Crippen molar-refractivity contribution in [3.05, 3.63) is 58.6 Å². The molecule has 0 radical (unpaired) electrons. The summed E-state index contributed by atoms with van der Waals surface area (Å²) in [5.74, 6) is -1.01. The van der Waals surface area contributed by atoms with E-state index in [1.807, 2.05) is 0 Å².